The molecule has 1 fully saturated rings. The Hall–Kier alpha value is -2.86. The van der Waals surface area contributed by atoms with E-state index in [2.05, 4.69) is 10.6 Å². The molecule has 7 heteroatoms. The minimum absolute atomic E-state index is 0.376. The lowest BCUT2D eigenvalue weighted by Crippen LogP contribution is -2.49. The summed E-state index contributed by atoms with van der Waals surface area (Å²) >= 11 is 5.95. The summed E-state index contributed by atoms with van der Waals surface area (Å²) in [6.45, 7) is 1.55. The molecule has 4 amide bonds. The van der Waals surface area contributed by atoms with Crippen molar-refractivity contribution in [1.82, 2.24) is 10.2 Å². The van der Waals surface area contributed by atoms with Crippen LogP contribution in [0.3, 0.4) is 0 Å². The van der Waals surface area contributed by atoms with Crippen LogP contribution in [0.1, 0.15) is 30.9 Å². The second kappa shape index (κ2) is 6.95. The number of anilines is 1. The van der Waals surface area contributed by atoms with Crippen molar-refractivity contribution in [1.29, 1.82) is 0 Å². The zero-order chi connectivity index (χ0) is 19.9. The van der Waals surface area contributed by atoms with Gasteiger partial charge in [-0.1, -0.05) is 41.9 Å². The lowest BCUT2D eigenvalue weighted by Gasteiger charge is -2.33. The maximum atomic E-state index is 13.3. The highest BCUT2D eigenvalue weighted by atomic mass is 35.5. The molecule has 0 bridgehead atoms. The molecule has 0 radical (unpaired) electrons. The fourth-order valence-electron chi connectivity index (χ4n) is 4.06. The number of fused-ring (bicyclic) bond motifs is 2. The van der Waals surface area contributed by atoms with E-state index in [0.717, 1.165) is 28.9 Å². The average molecular weight is 398 g/mol. The summed E-state index contributed by atoms with van der Waals surface area (Å²) < 4.78 is 0. The zero-order valence-corrected chi connectivity index (χ0v) is 16.1. The third-order valence-electron chi connectivity index (χ3n) is 5.46. The maximum Gasteiger partial charge on any atom is 0.326 e. The molecule has 1 saturated heterocycles. The van der Waals surface area contributed by atoms with Crippen LogP contribution in [0.25, 0.3) is 0 Å². The third-order valence-corrected chi connectivity index (χ3v) is 5.69. The number of carbonyl (C=O) groups excluding carboxylic acids is 3. The van der Waals surface area contributed by atoms with Gasteiger partial charge in [0.15, 0.2) is 0 Å². The number of nitrogens with one attached hydrogen (secondary N) is 2. The largest absolute Gasteiger partial charge is 0.326 e. The van der Waals surface area contributed by atoms with Crippen LogP contribution in [-0.4, -0.2) is 28.8 Å². The predicted molar refractivity (Wildman–Crippen MR) is 106 cm³/mol. The molecule has 1 aliphatic heterocycles. The zero-order valence-electron chi connectivity index (χ0n) is 15.4. The van der Waals surface area contributed by atoms with Gasteiger partial charge >= 0.3 is 6.03 Å². The monoisotopic (exact) mass is 397 g/mol. The molecule has 2 aromatic carbocycles. The average Bonchev–Trinajstić information content (AvgIpc) is 2.92. The van der Waals surface area contributed by atoms with Crippen LogP contribution in [0, 0.1) is 0 Å². The van der Waals surface area contributed by atoms with E-state index in [9.17, 15) is 14.4 Å². The van der Waals surface area contributed by atoms with Crippen LogP contribution in [-0.2, 0) is 21.5 Å². The number of urea groups is 1. The third kappa shape index (κ3) is 2.94. The standard InChI is InChI=1S/C21H20ClN3O3/c1-13(18(26)23-16-9-4-8-15(22)12-16)25-19(27)21(24-20(25)28)11-5-7-14-6-2-3-10-17(14)21/h2-4,6,8-10,12-13H,5,7,11H2,1H3,(H,23,26)(H,24,28)/t13-,21+/m1/s1. The number of amides is 4. The molecule has 4 rings (SSSR count). The van der Waals surface area contributed by atoms with Crippen molar-refractivity contribution in [2.75, 3.05) is 5.32 Å². The molecule has 2 N–H and O–H groups in total. The fraction of sp³-hybridized carbons (Fsp3) is 0.286. The summed E-state index contributed by atoms with van der Waals surface area (Å²) in [5.41, 5.74) is 1.30. The van der Waals surface area contributed by atoms with E-state index >= 15 is 0 Å². The van der Waals surface area contributed by atoms with E-state index < -0.39 is 23.5 Å². The highest BCUT2D eigenvalue weighted by Gasteiger charge is 2.55. The quantitative estimate of drug-likeness (QED) is 0.778. The van der Waals surface area contributed by atoms with Crippen molar-refractivity contribution in [2.24, 2.45) is 0 Å². The number of nitrogens with zero attached hydrogens (tertiary/aromatic N) is 1. The van der Waals surface area contributed by atoms with E-state index in [0.29, 0.717) is 17.1 Å². The van der Waals surface area contributed by atoms with Crippen LogP contribution in [0.2, 0.25) is 5.02 Å². The van der Waals surface area contributed by atoms with Crippen LogP contribution < -0.4 is 10.6 Å². The minimum atomic E-state index is -1.09. The first kappa shape index (κ1) is 18.5. The highest BCUT2D eigenvalue weighted by molar-refractivity contribution is 6.30. The maximum absolute atomic E-state index is 13.3. The molecule has 1 aliphatic carbocycles. The molecule has 0 saturated carbocycles. The van der Waals surface area contributed by atoms with E-state index in [1.165, 1.54) is 0 Å². The summed E-state index contributed by atoms with van der Waals surface area (Å²) in [5.74, 6) is -0.828. The first-order valence-corrected chi connectivity index (χ1v) is 9.61. The van der Waals surface area contributed by atoms with Gasteiger partial charge < -0.3 is 10.6 Å². The Morgan fingerprint density at radius 1 is 1.21 bits per heavy atom. The molecular formula is C21H20ClN3O3. The highest BCUT2D eigenvalue weighted by Crippen LogP contribution is 2.40. The van der Waals surface area contributed by atoms with Gasteiger partial charge in [0.1, 0.15) is 11.6 Å². The van der Waals surface area contributed by atoms with E-state index in [1.807, 2.05) is 24.3 Å². The smallest absolute Gasteiger partial charge is 0.324 e. The Kier molecular flexibility index (Phi) is 4.59. The fourth-order valence-corrected chi connectivity index (χ4v) is 4.25. The van der Waals surface area contributed by atoms with Gasteiger partial charge in [-0.05, 0) is 55.5 Å². The second-order valence-corrected chi connectivity index (χ2v) is 7.63. The van der Waals surface area contributed by atoms with E-state index in [4.69, 9.17) is 11.6 Å². The number of imide groups is 1. The van der Waals surface area contributed by atoms with Crippen molar-refractivity contribution in [2.45, 2.75) is 37.8 Å². The van der Waals surface area contributed by atoms with Gasteiger partial charge in [0, 0.05) is 10.7 Å². The van der Waals surface area contributed by atoms with Crippen molar-refractivity contribution < 1.29 is 14.4 Å². The Balaban J connectivity index is 1.60. The van der Waals surface area contributed by atoms with Crippen LogP contribution in [0.4, 0.5) is 10.5 Å². The van der Waals surface area contributed by atoms with Crippen LogP contribution >= 0.6 is 11.6 Å². The van der Waals surface area contributed by atoms with Gasteiger partial charge in [-0.25, -0.2) is 9.69 Å². The second-order valence-electron chi connectivity index (χ2n) is 7.20. The number of rotatable bonds is 3. The summed E-state index contributed by atoms with van der Waals surface area (Å²) in [7, 11) is 0. The number of aryl methyl sites for hydroxylation is 1. The van der Waals surface area contributed by atoms with Gasteiger partial charge in [0.25, 0.3) is 5.91 Å². The first-order chi connectivity index (χ1) is 13.4. The van der Waals surface area contributed by atoms with E-state index in [1.54, 1.807) is 31.2 Å². The van der Waals surface area contributed by atoms with Crippen molar-refractivity contribution in [3.8, 4) is 0 Å². The molecule has 2 atom stereocenters. The van der Waals surface area contributed by atoms with Gasteiger partial charge in [0.05, 0.1) is 0 Å². The molecule has 0 aromatic heterocycles. The number of halogens is 1. The molecule has 6 nitrogen and oxygen atoms in total. The van der Waals surface area contributed by atoms with Gasteiger partial charge in [-0.2, -0.15) is 0 Å². The first-order valence-electron chi connectivity index (χ1n) is 9.23. The van der Waals surface area contributed by atoms with Crippen LogP contribution in [0.15, 0.2) is 48.5 Å². The molecule has 2 aromatic rings. The molecule has 28 heavy (non-hydrogen) atoms. The van der Waals surface area contributed by atoms with E-state index in [-0.39, 0.29) is 5.91 Å². The minimum Gasteiger partial charge on any atom is -0.324 e. The topological polar surface area (TPSA) is 78.5 Å². The number of hydrogen-bond donors (Lipinski definition) is 2. The number of carbonyl (C=O) groups is 3. The molecule has 0 unspecified atom stereocenters. The van der Waals surface area contributed by atoms with Crippen molar-refractivity contribution in [3.63, 3.8) is 0 Å². The number of hydrogen-bond acceptors (Lipinski definition) is 3. The predicted octanol–water partition coefficient (Wildman–Crippen LogP) is 3.45. The molecule has 1 spiro atoms. The SMILES string of the molecule is C[C@H](C(=O)Nc1cccc(Cl)c1)N1C(=O)N[C@]2(CCCc3ccccc32)C1=O. The van der Waals surface area contributed by atoms with Crippen LogP contribution in [0.5, 0.6) is 0 Å². The molecule has 144 valence electrons. The Morgan fingerprint density at radius 3 is 2.79 bits per heavy atom. The lowest BCUT2D eigenvalue weighted by molar-refractivity contribution is -0.137. The summed E-state index contributed by atoms with van der Waals surface area (Å²) in [6, 6.07) is 12.9. The lowest BCUT2D eigenvalue weighted by atomic mass is 9.76. The Labute approximate surface area is 167 Å². The normalized spacial score (nSPS) is 22.0. The van der Waals surface area contributed by atoms with Gasteiger partial charge in [0.2, 0.25) is 5.91 Å². The Morgan fingerprint density at radius 2 is 2.00 bits per heavy atom. The molecular weight excluding hydrogens is 378 g/mol. The summed E-state index contributed by atoms with van der Waals surface area (Å²) in [6.07, 6.45) is 2.18. The molecule has 2 aliphatic rings. The Bertz CT molecular complexity index is 977. The van der Waals surface area contributed by atoms with Gasteiger partial charge in [-0.3, -0.25) is 9.59 Å². The number of benzene rings is 2. The summed E-state index contributed by atoms with van der Waals surface area (Å²) in [4.78, 5) is 39.8. The van der Waals surface area contributed by atoms with Crippen molar-refractivity contribution >= 4 is 35.1 Å². The molecule has 1 heterocycles. The van der Waals surface area contributed by atoms with Gasteiger partial charge in [-0.15, -0.1) is 0 Å². The summed E-state index contributed by atoms with van der Waals surface area (Å²) in [5, 5.41) is 6.07. The van der Waals surface area contributed by atoms with Crippen molar-refractivity contribution in [3.05, 3.63) is 64.7 Å².